The van der Waals surface area contributed by atoms with Crippen molar-refractivity contribution in [1.29, 1.82) is 0 Å². The highest BCUT2D eigenvalue weighted by Gasteiger charge is 2.35. The molecule has 0 aliphatic carbocycles. The van der Waals surface area contributed by atoms with E-state index in [1.807, 2.05) is 4.90 Å². The van der Waals surface area contributed by atoms with Crippen LogP contribution >= 0.6 is 0 Å². The van der Waals surface area contributed by atoms with Crippen molar-refractivity contribution in [3.63, 3.8) is 0 Å². The molecule has 0 aromatic carbocycles. The van der Waals surface area contributed by atoms with E-state index in [-0.39, 0.29) is 17.9 Å². The number of hydrogen-bond acceptors (Lipinski definition) is 6. The first-order chi connectivity index (χ1) is 10.1. The van der Waals surface area contributed by atoms with Crippen molar-refractivity contribution in [3.05, 3.63) is 12.0 Å². The van der Waals surface area contributed by atoms with Crippen LogP contribution in [-0.2, 0) is 4.74 Å². The number of aliphatic hydroxyl groups is 1. The molecular weight excluding hydrogens is 277 g/mol. The van der Waals surface area contributed by atoms with Crippen LogP contribution in [0.25, 0.3) is 0 Å². The number of piperidine rings is 1. The molecular formula is C14H22FN3O3. The zero-order valence-electron chi connectivity index (χ0n) is 12.5. The van der Waals surface area contributed by atoms with Gasteiger partial charge in [0.2, 0.25) is 11.8 Å². The monoisotopic (exact) mass is 299 g/mol. The number of anilines is 1. The van der Waals surface area contributed by atoms with E-state index in [0.29, 0.717) is 19.1 Å². The van der Waals surface area contributed by atoms with Gasteiger partial charge in [-0.1, -0.05) is 0 Å². The summed E-state index contributed by atoms with van der Waals surface area (Å²) >= 11 is 0. The van der Waals surface area contributed by atoms with Gasteiger partial charge in [0, 0.05) is 32.2 Å². The Bertz CT molecular complexity index is 475. The van der Waals surface area contributed by atoms with Crippen LogP contribution in [0, 0.1) is 11.2 Å². The summed E-state index contributed by atoms with van der Waals surface area (Å²) in [5.74, 6) is -0.202. The van der Waals surface area contributed by atoms with Gasteiger partial charge in [-0.25, -0.2) is 4.98 Å². The maximum absolute atomic E-state index is 13.4. The quantitative estimate of drug-likeness (QED) is 0.852. The smallest absolute Gasteiger partial charge is 0.255 e. The fourth-order valence-electron chi connectivity index (χ4n) is 2.75. The average molecular weight is 299 g/mol. The fraction of sp³-hybridized carbons (Fsp3) is 0.714. The number of rotatable bonds is 6. The molecule has 1 aliphatic heterocycles. The third-order valence-corrected chi connectivity index (χ3v) is 4.01. The summed E-state index contributed by atoms with van der Waals surface area (Å²) in [6.07, 6.45) is 3.75. The van der Waals surface area contributed by atoms with Gasteiger partial charge in [0.05, 0.1) is 19.9 Å². The summed E-state index contributed by atoms with van der Waals surface area (Å²) < 4.78 is 23.4. The molecule has 0 saturated carbocycles. The van der Waals surface area contributed by atoms with Crippen LogP contribution in [0.1, 0.15) is 19.3 Å². The molecule has 1 atom stereocenters. The molecule has 21 heavy (non-hydrogen) atoms. The summed E-state index contributed by atoms with van der Waals surface area (Å²) in [5, 5.41) is 9.77. The predicted molar refractivity (Wildman–Crippen MR) is 76.0 cm³/mol. The SMILES string of the molecule is COCC[C@@]1(CO)CCCN(c2ncc(F)c(OC)n2)C1. The molecule has 7 heteroatoms. The van der Waals surface area contributed by atoms with Crippen molar-refractivity contribution in [3.8, 4) is 5.88 Å². The summed E-state index contributed by atoms with van der Waals surface area (Å²) in [6.45, 7) is 2.10. The molecule has 1 fully saturated rings. The second-order valence-electron chi connectivity index (χ2n) is 5.45. The number of halogens is 1. The molecule has 2 heterocycles. The Balaban J connectivity index is 2.16. The zero-order valence-corrected chi connectivity index (χ0v) is 12.5. The average Bonchev–Trinajstić information content (AvgIpc) is 2.53. The first kappa shape index (κ1) is 15.9. The van der Waals surface area contributed by atoms with E-state index in [4.69, 9.17) is 9.47 Å². The first-order valence-electron chi connectivity index (χ1n) is 7.05. The van der Waals surface area contributed by atoms with E-state index in [1.165, 1.54) is 7.11 Å². The van der Waals surface area contributed by atoms with E-state index in [2.05, 4.69) is 9.97 Å². The molecule has 0 spiro atoms. The highest BCUT2D eigenvalue weighted by Crippen LogP contribution is 2.34. The molecule has 1 aliphatic rings. The Labute approximate surface area is 123 Å². The Hall–Kier alpha value is -1.47. The maximum Gasteiger partial charge on any atom is 0.255 e. The van der Waals surface area contributed by atoms with Gasteiger partial charge in [-0.05, 0) is 19.3 Å². The van der Waals surface area contributed by atoms with Gasteiger partial charge in [0.1, 0.15) is 0 Å². The summed E-state index contributed by atoms with van der Waals surface area (Å²) in [5.41, 5.74) is -0.223. The van der Waals surface area contributed by atoms with Gasteiger partial charge in [-0.3, -0.25) is 0 Å². The number of ether oxygens (including phenoxy) is 2. The van der Waals surface area contributed by atoms with Crippen molar-refractivity contribution in [2.24, 2.45) is 5.41 Å². The molecule has 6 nitrogen and oxygen atoms in total. The van der Waals surface area contributed by atoms with Gasteiger partial charge in [0.25, 0.3) is 5.88 Å². The van der Waals surface area contributed by atoms with Crippen molar-refractivity contribution < 1.29 is 19.0 Å². The lowest BCUT2D eigenvalue weighted by atomic mass is 9.78. The second kappa shape index (κ2) is 7.00. The normalized spacial score (nSPS) is 22.4. The van der Waals surface area contributed by atoms with Gasteiger partial charge >= 0.3 is 0 Å². The van der Waals surface area contributed by atoms with Crippen LogP contribution in [-0.4, -0.2) is 55.6 Å². The molecule has 0 bridgehead atoms. The van der Waals surface area contributed by atoms with E-state index >= 15 is 0 Å². The highest BCUT2D eigenvalue weighted by atomic mass is 19.1. The molecule has 1 N–H and O–H groups in total. The van der Waals surface area contributed by atoms with E-state index < -0.39 is 5.82 Å². The van der Waals surface area contributed by atoms with E-state index in [0.717, 1.165) is 32.0 Å². The minimum absolute atomic E-state index is 0.0583. The zero-order chi connectivity index (χ0) is 15.3. The van der Waals surface area contributed by atoms with E-state index in [1.54, 1.807) is 7.11 Å². The summed E-state index contributed by atoms with van der Waals surface area (Å²) in [7, 11) is 3.03. The number of aliphatic hydroxyl groups excluding tert-OH is 1. The Morgan fingerprint density at radius 1 is 1.48 bits per heavy atom. The predicted octanol–water partition coefficient (Wildman–Crippen LogP) is 1.24. The largest absolute Gasteiger partial charge is 0.479 e. The van der Waals surface area contributed by atoms with Crippen molar-refractivity contribution in [1.82, 2.24) is 9.97 Å². The third-order valence-electron chi connectivity index (χ3n) is 4.01. The molecule has 2 rings (SSSR count). The molecule has 1 saturated heterocycles. The number of aromatic nitrogens is 2. The van der Waals surface area contributed by atoms with Crippen LogP contribution < -0.4 is 9.64 Å². The van der Waals surface area contributed by atoms with Gasteiger partial charge in [-0.15, -0.1) is 0 Å². The lowest BCUT2D eigenvalue weighted by molar-refractivity contribution is 0.0622. The van der Waals surface area contributed by atoms with Crippen LogP contribution in [0.4, 0.5) is 10.3 Å². The maximum atomic E-state index is 13.4. The minimum atomic E-state index is -0.578. The standard InChI is InChI=1S/C14H22FN3O3/c1-20-7-5-14(10-19)4-3-6-18(9-14)13-16-8-11(15)12(17-13)21-2/h8,19H,3-7,9-10H2,1-2H3/t14-/m0/s1. The highest BCUT2D eigenvalue weighted by molar-refractivity contribution is 5.34. The lowest BCUT2D eigenvalue weighted by Gasteiger charge is -2.41. The summed E-state index contributed by atoms with van der Waals surface area (Å²) in [4.78, 5) is 10.1. The van der Waals surface area contributed by atoms with Crippen molar-refractivity contribution >= 4 is 5.95 Å². The van der Waals surface area contributed by atoms with Crippen LogP contribution in [0.2, 0.25) is 0 Å². The number of methoxy groups -OCH3 is 2. The van der Waals surface area contributed by atoms with Crippen LogP contribution in [0.15, 0.2) is 6.20 Å². The Kier molecular flexibility index (Phi) is 5.30. The van der Waals surface area contributed by atoms with Gasteiger partial charge < -0.3 is 19.5 Å². The molecule has 0 unspecified atom stereocenters. The Morgan fingerprint density at radius 3 is 2.95 bits per heavy atom. The second-order valence-corrected chi connectivity index (χ2v) is 5.45. The molecule has 0 radical (unpaired) electrons. The van der Waals surface area contributed by atoms with Gasteiger partial charge in [0.15, 0.2) is 0 Å². The number of nitrogens with zero attached hydrogens (tertiary/aromatic N) is 3. The molecule has 118 valence electrons. The Morgan fingerprint density at radius 2 is 2.29 bits per heavy atom. The lowest BCUT2D eigenvalue weighted by Crippen LogP contribution is -2.46. The third kappa shape index (κ3) is 3.59. The molecule has 0 amide bonds. The number of hydrogen-bond donors (Lipinski definition) is 1. The van der Waals surface area contributed by atoms with Crippen LogP contribution in [0.3, 0.4) is 0 Å². The fourth-order valence-corrected chi connectivity index (χ4v) is 2.75. The first-order valence-corrected chi connectivity index (χ1v) is 7.05. The topological polar surface area (TPSA) is 67.7 Å². The minimum Gasteiger partial charge on any atom is -0.479 e. The molecule has 1 aromatic heterocycles. The summed E-state index contributed by atoms with van der Waals surface area (Å²) in [6, 6.07) is 0. The van der Waals surface area contributed by atoms with E-state index in [9.17, 15) is 9.50 Å². The van der Waals surface area contributed by atoms with Crippen molar-refractivity contribution in [2.75, 3.05) is 45.4 Å². The molecule has 1 aromatic rings. The van der Waals surface area contributed by atoms with Crippen LogP contribution in [0.5, 0.6) is 5.88 Å². The van der Waals surface area contributed by atoms with Crippen molar-refractivity contribution in [2.45, 2.75) is 19.3 Å². The van der Waals surface area contributed by atoms with Gasteiger partial charge in [-0.2, -0.15) is 9.37 Å².